The van der Waals surface area contributed by atoms with Gasteiger partial charge < -0.3 is 21.3 Å². The first kappa shape index (κ1) is 25.3. The van der Waals surface area contributed by atoms with Crippen LogP contribution >= 0.6 is 0 Å². The topological polar surface area (TPSA) is 116 Å². The maximum Gasteiger partial charge on any atom is 0.243 e. The van der Waals surface area contributed by atoms with Gasteiger partial charge >= 0.3 is 0 Å². The molecule has 0 aromatic heterocycles. The van der Waals surface area contributed by atoms with Gasteiger partial charge in [0.1, 0.15) is 6.04 Å². The first-order chi connectivity index (χ1) is 14.3. The predicted molar refractivity (Wildman–Crippen MR) is 116 cm³/mol. The van der Waals surface area contributed by atoms with Crippen LogP contribution in [0.3, 0.4) is 0 Å². The quantitative estimate of drug-likeness (QED) is 0.355. The maximum absolute atomic E-state index is 12.6. The van der Waals surface area contributed by atoms with Gasteiger partial charge in [0.05, 0.1) is 19.6 Å². The third-order valence-electron chi connectivity index (χ3n) is 4.32. The van der Waals surface area contributed by atoms with Crippen LogP contribution in [-0.2, 0) is 25.6 Å². The Morgan fingerprint density at radius 3 is 2.23 bits per heavy atom. The highest BCUT2D eigenvalue weighted by molar-refractivity contribution is 5.92. The lowest BCUT2D eigenvalue weighted by molar-refractivity contribution is -0.130. The van der Waals surface area contributed by atoms with Crippen LogP contribution in [0.1, 0.15) is 45.6 Å². The van der Waals surface area contributed by atoms with Gasteiger partial charge in [-0.05, 0) is 12.0 Å². The second kappa shape index (κ2) is 14.3. The Kier molecular flexibility index (Phi) is 12.0. The van der Waals surface area contributed by atoms with Crippen LogP contribution in [0, 0.1) is 0 Å². The fourth-order valence-corrected chi connectivity index (χ4v) is 2.61. The molecule has 0 bridgehead atoms. The summed E-state index contributed by atoms with van der Waals surface area (Å²) in [6.45, 7) is 5.65. The summed E-state index contributed by atoms with van der Waals surface area (Å²) in [6.07, 6.45) is 2.39. The van der Waals surface area contributed by atoms with Crippen LogP contribution in [0.25, 0.3) is 0 Å². The maximum atomic E-state index is 12.6. The number of hydrogen-bond acceptors (Lipinski definition) is 5. The smallest absolute Gasteiger partial charge is 0.243 e. The fraction of sp³-hybridized carbons (Fsp3) is 0.545. The van der Waals surface area contributed by atoms with Gasteiger partial charge in [0, 0.05) is 18.9 Å². The highest BCUT2D eigenvalue weighted by Gasteiger charge is 2.22. The molecule has 0 unspecified atom stereocenters. The van der Waals surface area contributed by atoms with Crippen molar-refractivity contribution in [3.05, 3.63) is 35.9 Å². The average molecular weight is 419 g/mol. The van der Waals surface area contributed by atoms with E-state index in [1.165, 1.54) is 0 Å². The van der Waals surface area contributed by atoms with E-state index in [1.807, 2.05) is 51.1 Å². The van der Waals surface area contributed by atoms with Gasteiger partial charge in [-0.1, -0.05) is 57.5 Å². The molecule has 8 nitrogen and oxygen atoms in total. The van der Waals surface area contributed by atoms with Gasteiger partial charge in [0.25, 0.3) is 0 Å². The predicted octanol–water partition coefficient (Wildman–Crippen LogP) is 0.704. The minimum Gasteiger partial charge on any atom is -0.347 e. The summed E-state index contributed by atoms with van der Waals surface area (Å²) >= 11 is 0. The van der Waals surface area contributed by atoms with Gasteiger partial charge in [-0.2, -0.15) is 0 Å². The molecule has 1 rings (SSSR count). The van der Waals surface area contributed by atoms with E-state index < -0.39 is 17.9 Å². The van der Waals surface area contributed by atoms with E-state index in [0.717, 1.165) is 18.4 Å². The Bertz CT molecular complexity index is 692. The molecule has 0 fully saturated rings. The number of carbonyl (C=O) groups excluding carboxylic acids is 4. The molecule has 4 N–H and O–H groups in total. The Balaban J connectivity index is 2.62. The highest BCUT2D eigenvalue weighted by Crippen LogP contribution is 2.04. The van der Waals surface area contributed by atoms with E-state index in [-0.39, 0.29) is 43.8 Å². The van der Waals surface area contributed by atoms with Crippen molar-refractivity contribution < 1.29 is 19.2 Å². The molecule has 0 saturated heterocycles. The number of amides is 3. The lowest BCUT2D eigenvalue weighted by Crippen LogP contribution is -2.51. The molecule has 0 radical (unpaired) electrons. The van der Waals surface area contributed by atoms with Gasteiger partial charge in [0.15, 0.2) is 5.78 Å². The normalized spacial score (nSPS) is 11.6. The Labute approximate surface area is 178 Å². The second-order valence-corrected chi connectivity index (χ2v) is 7.48. The van der Waals surface area contributed by atoms with E-state index >= 15 is 0 Å². The second-order valence-electron chi connectivity index (χ2n) is 7.48. The van der Waals surface area contributed by atoms with E-state index in [9.17, 15) is 19.2 Å². The van der Waals surface area contributed by atoms with Crippen LogP contribution < -0.4 is 21.3 Å². The van der Waals surface area contributed by atoms with Crippen molar-refractivity contribution in [3.63, 3.8) is 0 Å². The largest absolute Gasteiger partial charge is 0.347 e. The van der Waals surface area contributed by atoms with Crippen molar-refractivity contribution in [2.45, 2.75) is 58.5 Å². The molecule has 0 aliphatic heterocycles. The molecule has 0 saturated carbocycles. The van der Waals surface area contributed by atoms with Crippen molar-refractivity contribution in [2.75, 3.05) is 19.6 Å². The lowest BCUT2D eigenvalue weighted by atomic mass is 10.0. The van der Waals surface area contributed by atoms with Crippen molar-refractivity contribution in [3.8, 4) is 0 Å². The summed E-state index contributed by atoms with van der Waals surface area (Å²) in [4.78, 5) is 48.5. The highest BCUT2D eigenvalue weighted by atomic mass is 16.2. The third kappa shape index (κ3) is 11.3. The minimum absolute atomic E-state index is 0.0418. The first-order valence-corrected chi connectivity index (χ1v) is 10.4. The summed E-state index contributed by atoms with van der Waals surface area (Å²) < 4.78 is 0. The molecule has 0 aliphatic rings. The van der Waals surface area contributed by atoms with Gasteiger partial charge in [-0.25, -0.2) is 0 Å². The summed E-state index contributed by atoms with van der Waals surface area (Å²) in [7, 11) is 0. The van der Waals surface area contributed by atoms with Crippen LogP contribution in [-0.4, -0.2) is 55.2 Å². The molecule has 0 aliphatic carbocycles. The van der Waals surface area contributed by atoms with Crippen molar-refractivity contribution >= 4 is 23.5 Å². The zero-order chi connectivity index (χ0) is 22.4. The number of carbonyl (C=O) groups is 4. The SMILES string of the molecule is CCCCC(=O)CNC(=O)[C@H](Cc1ccccc1)NC(=O)CNC(=O)CNC(C)C. The van der Waals surface area contributed by atoms with E-state index in [4.69, 9.17) is 0 Å². The van der Waals surface area contributed by atoms with Gasteiger partial charge in [-0.15, -0.1) is 0 Å². The fourth-order valence-electron chi connectivity index (χ4n) is 2.61. The van der Waals surface area contributed by atoms with Gasteiger partial charge in [0.2, 0.25) is 17.7 Å². The molecule has 166 valence electrons. The van der Waals surface area contributed by atoms with E-state index in [1.54, 1.807) is 0 Å². The average Bonchev–Trinajstić information content (AvgIpc) is 2.73. The summed E-state index contributed by atoms with van der Waals surface area (Å²) in [6, 6.07) is 8.60. The molecule has 1 aromatic carbocycles. The van der Waals surface area contributed by atoms with Crippen LogP contribution in [0.4, 0.5) is 0 Å². The Morgan fingerprint density at radius 1 is 0.900 bits per heavy atom. The van der Waals surface area contributed by atoms with Crippen molar-refractivity contribution in [1.29, 1.82) is 0 Å². The zero-order valence-corrected chi connectivity index (χ0v) is 18.1. The van der Waals surface area contributed by atoms with Crippen LogP contribution in [0.15, 0.2) is 30.3 Å². The lowest BCUT2D eigenvalue weighted by Gasteiger charge is -2.19. The number of rotatable bonds is 14. The number of benzene rings is 1. The molecule has 30 heavy (non-hydrogen) atoms. The number of ketones is 1. The van der Waals surface area contributed by atoms with Crippen LogP contribution in [0.5, 0.6) is 0 Å². The Hall–Kier alpha value is -2.74. The number of hydrogen-bond donors (Lipinski definition) is 4. The minimum atomic E-state index is -0.843. The van der Waals surface area contributed by atoms with Crippen molar-refractivity contribution in [2.24, 2.45) is 0 Å². The third-order valence-corrected chi connectivity index (χ3v) is 4.32. The first-order valence-electron chi connectivity index (χ1n) is 10.4. The number of Topliss-reactive ketones (excluding diaryl/α,β-unsaturated/α-hetero) is 1. The number of nitrogens with one attached hydrogen (secondary N) is 4. The summed E-state index contributed by atoms with van der Waals surface area (Å²) in [5, 5.41) is 10.8. The van der Waals surface area contributed by atoms with Crippen molar-refractivity contribution in [1.82, 2.24) is 21.3 Å². The van der Waals surface area contributed by atoms with Gasteiger partial charge in [-0.3, -0.25) is 19.2 Å². The molecule has 8 heteroatoms. The zero-order valence-electron chi connectivity index (χ0n) is 18.1. The molecule has 1 atom stereocenters. The summed E-state index contributed by atoms with van der Waals surface area (Å²) in [5.41, 5.74) is 0.875. The molecule has 1 aromatic rings. The van der Waals surface area contributed by atoms with E-state index in [2.05, 4.69) is 21.3 Å². The van der Waals surface area contributed by atoms with E-state index in [0.29, 0.717) is 6.42 Å². The summed E-state index contributed by atoms with van der Waals surface area (Å²) in [5.74, 6) is -1.24. The number of unbranched alkanes of at least 4 members (excludes halogenated alkanes) is 1. The molecular formula is C22H34N4O4. The molecule has 3 amide bonds. The van der Waals surface area contributed by atoms with Crippen LogP contribution in [0.2, 0.25) is 0 Å². The monoisotopic (exact) mass is 418 g/mol. The molecule has 0 spiro atoms. The molecule has 0 heterocycles. The molecular weight excluding hydrogens is 384 g/mol. The standard InChI is InChI=1S/C22H34N4O4/c1-4-5-11-18(27)13-25-22(30)19(12-17-9-7-6-8-10-17)26-21(29)15-24-20(28)14-23-16(2)3/h6-10,16,19,23H,4-5,11-15H2,1-3H3,(H,24,28)(H,25,30)(H,26,29)/t19-/m0/s1. The Morgan fingerprint density at radius 2 is 1.60 bits per heavy atom.